The first-order valence-corrected chi connectivity index (χ1v) is 8.62. The van der Waals surface area contributed by atoms with Gasteiger partial charge >= 0.3 is 0 Å². The Labute approximate surface area is 156 Å². The van der Waals surface area contributed by atoms with Crippen LogP contribution in [0.2, 0.25) is 0 Å². The first-order valence-electron chi connectivity index (χ1n) is 8.62. The van der Waals surface area contributed by atoms with E-state index in [4.69, 9.17) is 9.15 Å². The molecule has 0 unspecified atom stereocenters. The maximum Gasteiger partial charge on any atom is 0.293 e. The number of nitrogens with one attached hydrogen (secondary N) is 1. The van der Waals surface area contributed by atoms with Crippen LogP contribution < -0.4 is 10.1 Å². The summed E-state index contributed by atoms with van der Waals surface area (Å²) in [7, 11) is 1.86. The van der Waals surface area contributed by atoms with Crippen molar-refractivity contribution in [3.63, 3.8) is 0 Å². The van der Waals surface area contributed by atoms with Crippen LogP contribution in [0.4, 0.5) is 5.95 Å². The van der Waals surface area contributed by atoms with E-state index in [1.165, 1.54) is 0 Å². The molecule has 1 N–H and O–H groups in total. The van der Waals surface area contributed by atoms with Crippen molar-refractivity contribution in [3.05, 3.63) is 77.7 Å². The van der Waals surface area contributed by atoms with Crippen molar-refractivity contribution in [1.82, 2.24) is 9.55 Å². The molecule has 0 atom stereocenters. The molecule has 0 aliphatic carbocycles. The highest BCUT2D eigenvalue weighted by molar-refractivity contribution is 6.02. The zero-order chi connectivity index (χ0) is 18.8. The van der Waals surface area contributed by atoms with Gasteiger partial charge < -0.3 is 13.7 Å². The van der Waals surface area contributed by atoms with Crippen molar-refractivity contribution in [2.75, 3.05) is 5.32 Å². The van der Waals surface area contributed by atoms with Crippen LogP contribution in [0.5, 0.6) is 5.75 Å². The van der Waals surface area contributed by atoms with Crippen LogP contribution in [0.3, 0.4) is 0 Å². The highest BCUT2D eigenvalue weighted by Crippen LogP contribution is 2.20. The average molecular weight is 361 g/mol. The molecule has 0 spiro atoms. The topological polar surface area (TPSA) is 69.3 Å². The van der Waals surface area contributed by atoms with Crippen LogP contribution in [0.15, 0.2) is 65.1 Å². The Bertz CT molecular complexity index is 1110. The molecule has 0 aliphatic rings. The van der Waals surface area contributed by atoms with E-state index in [-0.39, 0.29) is 18.3 Å². The fraction of sp³-hybridized carbons (Fsp3) is 0.143. The number of carbonyl (C=O) groups excluding carboxylic acids is 1. The highest BCUT2D eigenvalue weighted by Gasteiger charge is 2.15. The number of rotatable bonds is 5. The second kappa shape index (κ2) is 6.99. The molecule has 2 aromatic heterocycles. The Morgan fingerprint density at radius 2 is 1.89 bits per heavy atom. The van der Waals surface area contributed by atoms with Crippen LogP contribution in [0.25, 0.3) is 11.0 Å². The zero-order valence-corrected chi connectivity index (χ0v) is 15.1. The lowest BCUT2D eigenvalue weighted by molar-refractivity contribution is 0.0991. The van der Waals surface area contributed by atoms with E-state index in [1.807, 2.05) is 67.1 Å². The van der Waals surface area contributed by atoms with E-state index in [2.05, 4.69) is 10.3 Å². The number of nitrogens with zero attached hydrogens (tertiary/aromatic N) is 2. The third-order valence-corrected chi connectivity index (χ3v) is 4.36. The molecule has 0 saturated carbocycles. The number of hydrogen-bond donors (Lipinski definition) is 1. The van der Waals surface area contributed by atoms with Crippen LogP contribution >= 0.6 is 0 Å². The van der Waals surface area contributed by atoms with Crippen LogP contribution in [-0.2, 0) is 13.7 Å². The molecule has 6 heteroatoms. The number of benzene rings is 2. The smallest absolute Gasteiger partial charge is 0.293 e. The quantitative estimate of drug-likeness (QED) is 0.575. The molecule has 0 fully saturated rings. The van der Waals surface area contributed by atoms with Crippen molar-refractivity contribution < 1.29 is 13.9 Å². The fourth-order valence-corrected chi connectivity index (χ4v) is 2.87. The number of aryl methyl sites for hydroxylation is 2. The maximum atomic E-state index is 12.5. The average Bonchev–Trinajstić information content (AvgIpc) is 3.27. The minimum absolute atomic E-state index is 0.213. The van der Waals surface area contributed by atoms with Crippen molar-refractivity contribution >= 4 is 22.9 Å². The molecule has 136 valence electrons. The summed E-state index contributed by atoms with van der Waals surface area (Å²) in [6, 6.07) is 18.8. The largest absolute Gasteiger partial charge is 0.485 e. The molecule has 0 aliphatic heterocycles. The Hall–Kier alpha value is -3.54. The van der Waals surface area contributed by atoms with Crippen molar-refractivity contribution in [1.29, 1.82) is 0 Å². The number of ether oxygens (including phenoxy) is 1. The van der Waals surface area contributed by atoms with Gasteiger partial charge in [-0.15, -0.1) is 0 Å². The summed E-state index contributed by atoms with van der Waals surface area (Å²) in [5.41, 5.74) is 2.81. The molecule has 6 nitrogen and oxygen atoms in total. The minimum Gasteiger partial charge on any atom is -0.485 e. The van der Waals surface area contributed by atoms with Crippen molar-refractivity contribution in [2.24, 2.45) is 7.05 Å². The van der Waals surface area contributed by atoms with Gasteiger partial charge in [0.25, 0.3) is 5.91 Å². The van der Waals surface area contributed by atoms with Gasteiger partial charge in [-0.2, -0.15) is 0 Å². The summed E-state index contributed by atoms with van der Waals surface area (Å²) in [6.45, 7) is 2.23. The third kappa shape index (κ3) is 3.42. The second-order valence-corrected chi connectivity index (χ2v) is 6.26. The SMILES string of the molecule is Cc1ccccc1OCc1ccc(C(=O)Nc2nc3ccccc3n2C)o1. The van der Waals surface area contributed by atoms with E-state index in [0.29, 0.717) is 11.7 Å². The molecule has 4 aromatic rings. The lowest BCUT2D eigenvalue weighted by Gasteiger charge is -2.07. The molecular weight excluding hydrogens is 342 g/mol. The lowest BCUT2D eigenvalue weighted by atomic mass is 10.2. The van der Waals surface area contributed by atoms with Gasteiger partial charge in [-0.3, -0.25) is 10.1 Å². The van der Waals surface area contributed by atoms with Gasteiger partial charge in [0.1, 0.15) is 18.1 Å². The van der Waals surface area contributed by atoms with Gasteiger partial charge in [0.2, 0.25) is 5.95 Å². The fourth-order valence-electron chi connectivity index (χ4n) is 2.87. The normalized spacial score (nSPS) is 10.9. The summed E-state index contributed by atoms with van der Waals surface area (Å²) >= 11 is 0. The Morgan fingerprint density at radius 3 is 2.70 bits per heavy atom. The van der Waals surface area contributed by atoms with Gasteiger partial charge in [-0.05, 0) is 42.8 Å². The number of hydrogen-bond acceptors (Lipinski definition) is 4. The maximum absolute atomic E-state index is 12.5. The highest BCUT2D eigenvalue weighted by atomic mass is 16.5. The van der Waals surface area contributed by atoms with Gasteiger partial charge in [0, 0.05) is 7.05 Å². The van der Waals surface area contributed by atoms with E-state index < -0.39 is 0 Å². The zero-order valence-electron chi connectivity index (χ0n) is 15.1. The summed E-state index contributed by atoms with van der Waals surface area (Å²) in [5.74, 6) is 1.70. The van der Waals surface area contributed by atoms with Crippen LogP contribution in [-0.4, -0.2) is 15.5 Å². The Balaban J connectivity index is 1.45. The van der Waals surface area contributed by atoms with Crippen molar-refractivity contribution in [2.45, 2.75) is 13.5 Å². The van der Waals surface area contributed by atoms with E-state index in [9.17, 15) is 4.79 Å². The number of aromatic nitrogens is 2. The van der Waals surface area contributed by atoms with Crippen LogP contribution in [0.1, 0.15) is 21.9 Å². The number of furan rings is 1. The van der Waals surface area contributed by atoms with Gasteiger partial charge in [-0.1, -0.05) is 30.3 Å². The predicted octanol–water partition coefficient (Wildman–Crippen LogP) is 4.31. The summed E-state index contributed by atoms with van der Waals surface area (Å²) in [5, 5.41) is 2.79. The van der Waals surface area contributed by atoms with Crippen LogP contribution in [0, 0.1) is 6.92 Å². The number of para-hydroxylation sites is 3. The van der Waals surface area contributed by atoms with Gasteiger partial charge in [0.05, 0.1) is 11.0 Å². The first-order chi connectivity index (χ1) is 13.1. The number of fused-ring (bicyclic) bond motifs is 1. The van der Waals surface area contributed by atoms with E-state index in [0.717, 1.165) is 22.3 Å². The Morgan fingerprint density at radius 1 is 1.11 bits per heavy atom. The standard InChI is InChI=1S/C21H19N3O3/c1-14-7-3-6-10-18(14)26-13-15-11-12-19(27-15)20(25)23-21-22-16-8-4-5-9-17(16)24(21)2/h3-12H,13H2,1-2H3,(H,22,23,25). The number of amides is 1. The monoisotopic (exact) mass is 361 g/mol. The van der Waals surface area contributed by atoms with Gasteiger partial charge in [-0.25, -0.2) is 4.98 Å². The van der Waals surface area contributed by atoms with E-state index in [1.54, 1.807) is 12.1 Å². The molecule has 0 bridgehead atoms. The molecular formula is C21H19N3O3. The molecule has 2 heterocycles. The third-order valence-electron chi connectivity index (χ3n) is 4.36. The molecule has 4 rings (SSSR count). The molecule has 27 heavy (non-hydrogen) atoms. The number of carbonyl (C=O) groups is 1. The number of imidazole rings is 1. The second-order valence-electron chi connectivity index (χ2n) is 6.26. The van der Waals surface area contributed by atoms with Gasteiger partial charge in [0.15, 0.2) is 5.76 Å². The molecule has 0 radical (unpaired) electrons. The summed E-state index contributed by atoms with van der Waals surface area (Å²) < 4.78 is 13.2. The molecule has 2 aromatic carbocycles. The first kappa shape index (κ1) is 16.9. The predicted molar refractivity (Wildman–Crippen MR) is 103 cm³/mol. The lowest BCUT2D eigenvalue weighted by Crippen LogP contribution is -2.14. The molecule has 0 saturated heterocycles. The summed E-state index contributed by atoms with van der Waals surface area (Å²) in [4.78, 5) is 16.9. The molecule has 1 amide bonds. The number of anilines is 1. The minimum atomic E-state index is -0.351. The summed E-state index contributed by atoms with van der Waals surface area (Å²) in [6.07, 6.45) is 0. The van der Waals surface area contributed by atoms with Crippen molar-refractivity contribution in [3.8, 4) is 5.75 Å². The Kier molecular flexibility index (Phi) is 4.38. The van der Waals surface area contributed by atoms with E-state index >= 15 is 0 Å².